The normalized spacial score (nSPS) is 46.4. The van der Waals surface area contributed by atoms with Crippen LogP contribution in [-0.4, -0.2) is 71.5 Å². The van der Waals surface area contributed by atoms with E-state index < -0.39 is 52.9 Å². The summed E-state index contributed by atoms with van der Waals surface area (Å²) in [5.74, 6) is -0.584. The van der Waals surface area contributed by atoms with Crippen molar-refractivity contribution >= 4 is 11.9 Å². The van der Waals surface area contributed by atoms with Gasteiger partial charge in [-0.3, -0.25) is 9.59 Å². The maximum absolute atomic E-state index is 12.4. The Labute approximate surface area is 176 Å². The molecular weight excluding hydrogens is 392 g/mol. The van der Waals surface area contributed by atoms with Crippen molar-refractivity contribution in [3.63, 3.8) is 0 Å². The molecule has 0 aromatic carbocycles. The number of fused-ring (bicyclic) bond motifs is 2. The summed E-state index contributed by atoms with van der Waals surface area (Å²) in [6.07, 6.45) is -1.50. The first kappa shape index (κ1) is 21.7. The fourth-order valence-electron chi connectivity index (χ4n) is 5.92. The van der Waals surface area contributed by atoms with Crippen molar-refractivity contribution in [3.8, 4) is 0 Å². The number of aliphatic hydroxyl groups is 2. The number of hydrogen-bond donors (Lipinski definition) is 2. The first-order chi connectivity index (χ1) is 14.0. The lowest BCUT2D eigenvalue weighted by Gasteiger charge is -2.58. The Morgan fingerprint density at radius 1 is 1.33 bits per heavy atom. The third-order valence-corrected chi connectivity index (χ3v) is 7.74. The Morgan fingerprint density at radius 2 is 2.00 bits per heavy atom. The highest BCUT2D eigenvalue weighted by atomic mass is 16.6. The Morgan fingerprint density at radius 3 is 2.57 bits per heavy atom. The Bertz CT molecular complexity index is 771. The maximum atomic E-state index is 12.4. The van der Waals surface area contributed by atoms with Crippen LogP contribution in [0.3, 0.4) is 0 Å². The van der Waals surface area contributed by atoms with Crippen molar-refractivity contribution in [2.75, 3.05) is 13.2 Å². The van der Waals surface area contributed by atoms with E-state index in [1.165, 1.54) is 6.92 Å². The molecule has 2 aliphatic heterocycles. The molecule has 1 spiro atoms. The van der Waals surface area contributed by atoms with Crippen LogP contribution in [0, 0.1) is 16.7 Å². The predicted octanol–water partition coefficient (Wildman–Crippen LogP) is 1.12. The largest absolute Gasteiger partial charge is 0.465 e. The van der Waals surface area contributed by atoms with E-state index >= 15 is 0 Å². The van der Waals surface area contributed by atoms with Crippen molar-refractivity contribution in [1.29, 1.82) is 0 Å². The van der Waals surface area contributed by atoms with Gasteiger partial charge in [-0.2, -0.15) is 0 Å². The summed E-state index contributed by atoms with van der Waals surface area (Å²) in [6, 6.07) is 0. The van der Waals surface area contributed by atoms with Crippen LogP contribution in [0.4, 0.5) is 0 Å². The van der Waals surface area contributed by atoms with Crippen molar-refractivity contribution in [2.24, 2.45) is 16.7 Å². The Kier molecular flexibility index (Phi) is 5.09. The van der Waals surface area contributed by atoms with E-state index in [1.54, 1.807) is 0 Å². The highest BCUT2D eigenvalue weighted by molar-refractivity contribution is 5.70. The molecule has 30 heavy (non-hydrogen) atoms. The smallest absolute Gasteiger partial charge is 0.306 e. The fraction of sp³-hybridized carbons (Fsp3) is 0.818. The summed E-state index contributed by atoms with van der Waals surface area (Å²) < 4.78 is 23.4. The number of esters is 2. The van der Waals surface area contributed by atoms with Gasteiger partial charge in [-0.25, -0.2) is 0 Å². The maximum Gasteiger partial charge on any atom is 0.306 e. The average Bonchev–Trinajstić information content (AvgIpc) is 3.43. The van der Waals surface area contributed by atoms with Crippen molar-refractivity contribution in [1.82, 2.24) is 0 Å². The molecule has 8 nitrogen and oxygen atoms in total. The molecule has 2 aliphatic carbocycles. The first-order valence-electron chi connectivity index (χ1n) is 10.7. The van der Waals surface area contributed by atoms with E-state index in [1.807, 2.05) is 33.8 Å². The van der Waals surface area contributed by atoms with Crippen LogP contribution in [0.25, 0.3) is 0 Å². The second-order valence-electron chi connectivity index (χ2n) is 9.92. The summed E-state index contributed by atoms with van der Waals surface area (Å²) in [4.78, 5) is 24.1. The number of aliphatic hydroxyl groups excluding tert-OH is 2. The monoisotopic (exact) mass is 424 g/mol. The van der Waals surface area contributed by atoms with Crippen LogP contribution >= 0.6 is 0 Å². The van der Waals surface area contributed by atoms with Crippen LogP contribution in [-0.2, 0) is 28.5 Å². The summed E-state index contributed by atoms with van der Waals surface area (Å²) >= 11 is 0. The van der Waals surface area contributed by atoms with E-state index in [0.29, 0.717) is 19.4 Å². The molecule has 8 atom stereocenters. The third-order valence-electron chi connectivity index (χ3n) is 7.74. The zero-order chi connectivity index (χ0) is 22.1. The molecule has 8 heteroatoms. The molecule has 3 fully saturated rings. The Hall–Kier alpha value is -1.48. The SMILES string of the molecule is CC(=O)OC[C@]12CC(OC(=O)CC(C)C)C(C)=C[C@H]1O[C@@H]1C(O)C(O)[C@@]2(C)[C@]12CO2. The molecule has 168 valence electrons. The van der Waals surface area contributed by atoms with E-state index in [0.717, 1.165) is 5.57 Å². The van der Waals surface area contributed by atoms with E-state index in [2.05, 4.69) is 0 Å². The van der Waals surface area contributed by atoms with Gasteiger partial charge in [0.2, 0.25) is 0 Å². The molecule has 2 saturated heterocycles. The molecule has 2 bridgehead atoms. The highest BCUT2D eigenvalue weighted by Crippen LogP contribution is 2.71. The van der Waals surface area contributed by atoms with Crippen LogP contribution in [0.15, 0.2) is 11.6 Å². The standard InChI is InChI=1S/C22H32O8/c1-11(2)6-16(24)29-14-8-21(9-27-13(4)23)15(7-12(14)3)30-19-17(25)18(26)20(21,5)22(19)10-28-22/h7,11,14-15,17-19,25-26H,6,8-10H2,1-5H3/t14?,15-,17?,18?,19-,20-,21-,22+/m1/s1. The molecule has 4 rings (SSSR count). The first-order valence-corrected chi connectivity index (χ1v) is 10.7. The summed E-state index contributed by atoms with van der Waals surface area (Å²) in [5, 5.41) is 21.9. The second kappa shape index (κ2) is 7.02. The van der Waals surface area contributed by atoms with Crippen molar-refractivity contribution in [3.05, 3.63) is 11.6 Å². The minimum Gasteiger partial charge on any atom is -0.465 e. The lowest BCUT2D eigenvalue weighted by molar-refractivity contribution is -0.239. The molecule has 0 aromatic rings. The topological polar surface area (TPSA) is 115 Å². The number of epoxide rings is 1. The fourth-order valence-corrected chi connectivity index (χ4v) is 5.92. The number of hydrogen-bond acceptors (Lipinski definition) is 8. The predicted molar refractivity (Wildman–Crippen MR) is 104 cm³/mol. The number of carbonyl (C=O) groups is 2. The molecule has 1 saturated carbocycles. The molecule has 3 unspecified atom stereocenters. The zero-order valence-electron chi connectivity index (χ0n) is 18.2. The van der Waals surface area contributed by atoms with E-state index in [4.69, 9.17) is 18.9 Å². The second-order valence-corrected chi connectivity index (χ2v) is 9.92. The minimum atomic E-state index is -1.13. The Balaban J connectivity index is 1.75. The molecule has 0 radical (unpaired) electrons. The lowest BCUT2D eigenvalue weighted by Crippen LogP contribution is -2.67. The third kappa shape index (κ3) is 2.80. The molecule has 2 N–H and O–H groups in total. The van der Waals surface area contributed by atoms with Gasteiger partial charge < -0.3 is 29.2 Å². The van der Waals surface area contributed by atoms with Gasteiger partial charge in [0.1, 0.15) is 30.5 Å². The van der Waals surface area contributed by atoms with Gasteiger partial charge >= 0.3 is 11.9 Å². The van der Waals surface area contributed by atoms with Crippen LogP contribution < -0.4 is 0 Å². The van der Waals surface area contributed by atoms with Crippen LogP contribution in [0.5, 0.6) is 0 Å². The summed E-state index contributed by atoms with van der Waals surface area (Å²) in [6.45, 7) is 9.28. The van der Waals surface area contributed by atoms with Gasteiger partial charge in [0.25, 0.3) is 0 Å². The number of rotatable bonds is 5. The van der Waals surface area contributed by atoms with Gasteiger partial charge in [0.05, 0.1) is 18.8 Å². The van der Waals surface area contributed by atoms with Crippen molar-refractivity contribution in [2.45, 2.75) is 83.6 Å². The van der Waals surface area contributed by atoms with Crippen LogP contribution in [0.2, 0.25) is 0 Å². The molecule has 4 aliphatic rings. The average molecular weight is 424 g/mol. The van der Waals surface area contributed by atoms with Crippen molar-refractivity contribution < 1.29 is 38.7 Å². The molecule has 2 heterocycles. The number of carbonyl (C=O) groups excluding carboxylic acids is 2. The van der Waals surface area contributed by atoms with Gasteiger partial charge in [-0.1, -0.05) is 26.8 Å². The number of ether oxygens (including phenoxy) is 4. The lowest BCUT2D eigenvalue weighted by atomic mass is 9.51. The molecule has 0 aromatic heterocycles. The van der Waals surface area contributed by atoms with Crippen LogP contribution in [0.1, 0.15) is 47.5 Å². The van der Waals surface area contributed by atoms with E-state index in [-0.39, 0.29) is 18.5 Å². The minimum absolute atomic E-state index is 0.0346. The van der Waals surface area contributed by atoms with E-state index in [9.17, 15) is 19.8 Å². The molecule has 0 amide bonds. The van der Waals surface area contributed by atoms with Gasteiger partial charge in [-0.15, -0.1) is 0 Å². The van der Waals surface area contributed by atoms with Gasteiger partial charge in [0, 0.05) is 30.6 Å². The van der Waals surface area contributed by atoms with Gasteiger partial charge in [-0.05, 0) is 18.4 Å². The quantitative estimate of drug-likeness (QED) is 0.383. The summed E-state index contributed by atoms with van der Waals surface area (Å²) in [5.41, 5.74) is -1.89. The highest BCUT2D eigenvalue weighted by Gasteiger charge is 2.85. The van der Waals surface area contributed by atoms with Gasteiger partial charge in [0.15, 0.2) is 0 Å². The molecular formula is C22H32O8. The zero-order valence-corrected chi connectivity index (χ0v) is 18.2. The summed E-state index contributed by atoms with van der Waals surface area (Å²) in [7, 11) is 0.